The molecule has 0 unspecified atom stereocenters. The summed E-state index contributed by atoms with van der Waals surface area (Å²) in [6.45, 7) is 0.652. The van der Waals surface area contributed by atoms with Gasteiger partial charge < -0.3 is 32.5 Å². The molecule has 2 rings (SSSR count). The van der Waals surface area contributed by atoms with Crippen LogP contribution in [0.3, 0.4) is 0 Å². The molecule has 2 aromatic heterocycles. The van der Waals surface area contributed by atoms with Crippen molar-refractivity contribution < 1.29 is 41.1 Å². The Kier molecular flexibility index (Phi) is 9.37. The van der Waals surface area contributed by atoms with Crippen LogP contribution in [0.5, 0.6) is 0 Å². The van der Waals surface area contributed by atoms with Crippen molar-refractivity contribution in [2.75, 3.05) is 19.7 Å². The van der Waals surface area contributed by atoms with Crippen LogP contribution in [0, 0.1) is 10.1 Å². The molecule has 2 aromatic rings. The summed E-state index contributed by atoms with van der Waals surface area (Å²) in [6.07, 6.45) is 6.46. The molecule has 2 amide bonds. The summed E-state index contributed by atoms with van der Waals surface area (Å²) in [5.74, 6) is -0.593. The highest BCUT2D eigenvalue weighted by Gasteiger charge is 2.11. The fourth-order valence-electron chi connectivity index (χ4n) is 2.08. The third-order valence-corrected chi connectivity index (χ3v) is 3.28. The summed E-state index contributed by atoms with van der Waals surface area (Å²) in [5.41, 5.74) is 0.870. The van der Waals surface area contributed by atoms with Crippen LogP contribution in [-0.4, -0.2) is 41.6 Å². The van der Waals surface area contributed by atoms with Crippen molar-refractivity contribution >= 4 is 11.8 Å². The summed E-state index contributed by atoms with van der Waals surface area (Å²) in [6, 6.07) is 6.67. The van der Waals surface area contributed by atoms with Crippen molar-refractivity contribution in [1.82, 2.24) is 15.6 Å². The normalized spacial score (nSPS) is 9.63. The van der Waals surface area contributed by atoms with Crippen molar-refractivity contribution in [3.8, 4) is 0 Å². The Hall–Kier alpha value is -3.08. The van der Waals surface area contributed by atoms with E-state index < -0.39 is 5.09 Å². The summed E-state index contributed by atoms with van der Waals surface area (Å²) >= 11 is 0. The number of aromatic nitrogens is 2. The van der Waals surface area contributed by atoms with E-state index in [-0.39, 0.29) is 41.9 Å². The first-order chi connectivity index (χ1) is 12.6. The second-order valence-electron chi connectivity index (χ2n) is 5.14. The van der Waals surface area contributed by atoms with Crippen LogP contribution in [0.2, 0.25) is 0 Å². The van der Waals surface area contributed by atoms with E-state index in [0.717, 1.165) is 0 Å². The quantitative estimate of drug-likeness (QED) is 0.183. The van der Waals surface area contributed by atoms with Gasteiger partial charge in [-0.05, 0) is 18.2 Å². The first kappa shape index (κ1) is 22.0. The van der Waals surface area contributed by atoms with Gasteiger partial charge in [0.05, 0.1) is 12.1 Å². The summed E-state index contributed by atoms with van der Waals surface area (Å²) in [5, 5.41) is 14.4. The third-order valence-electron chi connectivity index (χ3n) is 3.28. The average Bonchev–Trinajstić information content (AvgIpc) is 2.66. The van der Waals surface area contributed by atoms with Gasteiger partial charge in [0.1, 0.15) is 12.2 Å². The lowest BCUT2D eigenvalue weighted by Crippen LogP contribution is -3.00. The maximum atomic E-state index is 12.0. The topological polar surface area (TPSA) is 127 Å². The number of nitrogens with zero attached hydrogens (tertiary/aromatic N) is 3. The number of pyridine rings is 2. The lowest BCUT2D eigenvalue weighted by Gasteiger charge is -2.05. The smallest absolute Gasteiger partial charge is 0.294 e. The molecule has 0 bridgehead atoms. The molecule has 11 heteroatoms. The Morgan fingerprint density at radius 1 is 1.15 bits per heavy atom. The van der Waals surface area contributed by atoms with Crippen LogP contribution in [-0.2, 0) is 11.4 Å². The molecule has 2 N–H and O–H groups in total. The van der Waals surface area contributed by atoms with Gasteiger partial charge in [-0.3, -0.25) is 14.6 Å². The molecule has 0 spiro atoms. The SMILES string of the molecule is O=C(NCCO[N+](=O)[O-])c1ccc[n+](CCNC(=O)c2cccnc2)c1.[Br-]. The first-order valence-corrected chi connectivity index (χ1v) is 7.79. The highest BCUT2D eigenvalue weighted by atomic mass is 79.9. The van der Waals surface area contributed by atoms with Gasteiger partial charge in [-0.25, -0.2) is 4.57 Å². The number of carbonyl (C=O) groups is 2. The van der Waals surface area contributed by atoms with Crippen LogP contribution in [0.1, 0.15) is 20.7 Å². The minimum atomic E-state index is -0.914. The molecule has 0 aliphatic carbocycles. The Balaban J connectivity index is 0.00000364. The van der Waals surface area contributed by atoms with Gasteiger partial charge in [0.15, 0.2) is 18.9 Å². The van der Waals surface area contributed by atoms with E-state index in [1.165, 1.54) is 6.20 Å². The van der Waals surface area contributed by atoms with E-state index in [9.17, 15) is 19.7 Å². The molecule has 2 heterocycles. The highest BCUT2D eigenvalue weighted by molar-refractivity contribution is 5.94. The Bertz CT molecular complexity index is 775. The predicted molar refractivity (Wildman–Crippen MR) is 88.5 cm³/mol. The first-order valence-electron chi connectivity index (χ1n) is 7.79. The second kappa shape index (κ2) is 11.5. The molecule has 0 aliphatic rings. The zero-order chi connectivity index (χ0) is 18.8. The Morgan fingerprint density at radius 3 is 2.56 bits per heavy atom. The third kappa shape index (κ3) is 7.77. The number of amides is 2. The summed E-state index contributed by atoms with van der Waals surface area (Å²) in [7, 11) is 0. The number of rotatable bonds is 9. The van der Waals surface area contributed by atoms with Crippen LogP contribution in [0.4, 0.5) is 0 Å². The number of hydrogen-bond donors (Lipinski definition) is 2. The molecule has 144 valence electrons. The molecule has 0 aromatic carbocycles. The van der Waals surface area contributed by atoms with Crippen molar-refractivity contribution in [3.63, 3.8) is 0 Å². The molecule has 0 aliphatic heterocycles. The molecule has 0 saturated carbocycles. The van der Waals surface area contributed by atoms with E-state index in [0.29, 0.717) is 24.2 Å². The van der Waals surface area contributed by atoms with Crippen molar-refractivity contribution in [1.29, 1.82) is 0 Å². The maximum Gasteiger partial charge on any atom is 0.294 e. The molecule has 0 atom stereocenters. The molecule has 0 radical (unpaired) electrons. The molecule has 27 heavy (non-hydrogen) atoms. The largest absolute Gasteiger partial charge is 1.00 e. The van der Waals surface area contributed by atoms with Gasteiger partial charge >= 0.3 is 0 Å². The minimum Gasteiger partial charge on any atom is -1.00 e. The molecular formula is C16H18BrN5O5. The molecule has 0 fully saturated rings. The van der Waals surface area contributed by atoms with Crippen LogP contribution in [0.15, 0.2) is 49.1 Å². The van der Waals surface area contributed by atoms with Gasteiger partial charge in [-0.15, -0.1) is 10.1 Å². The fourth-order valence-corrected chi connectivity index (χ4v) is 2.08. The van der Waals surface area contributed by atoms with Crippen molar-refractivity contribution in [2.45, 2.75) is 6.54 Å². The molecule has 10 nitrogen and oxygen atoms in total. The number of halogens is 1. The molecular weight excluding hydrogens is 422 g/mol. The lowest BCUT2D eigenvalue weighted by atomic mass is 10.2. The van der Waals surface area contributed by atoms with E-state index >= 15 is 0 Å². The van der Waals surface area contributed by atoms with Crippen LogP contribution >= 0.6 is 0 Å². The fraction of sp³-hybridized carbons (Fsp3) is 0.250. The number of carbonyl (C=O) groups excluding carboxylic acids is 2. The lowest BCUT2D eigenvalue weighted by molar-refractivity contribution is -0.757. The monoisotopic (exact) mass is 439 g/mol. The van der Waals surface area contributed by atoms with Gasteiger partial charge in [0.25, 0.3) is 16.9 Å². The van der Waals surface area contributed by atoms with Gasteiger partial charge in [-0.2, -0.15) is 0 Å². The Labute approximate surface area is 165 Å². The van der Waals surface area contributed by atoms with E-state index in [4.69, 9.17) is 0 Å². The summed E-state index contributed by atoms with van der Waals surface area (Å²) < 4.78 is 1.76. The van der Waals surface area contributed by atoms with E-state index in [2.05, 4.69) is 20.5 Å². The summed E-state index contributed by atoms with van der Waals surface area (Å²) in [4.78, 5) is 41.9. The number of hydrogen-bond acceptors (Lipinski definition) is 6. The maximum absolute atomic E-state index is 12.0. The highest BCUT2D eigenvalue weighted by Crippen LogP contribution is 1.96. The second-order valence-corrected chi connectivity index (χ2v) is 5.14. The van der Waals surface area contributed by atoms with Crippen LogP contribution in [0.25, 0.3) is 0 Å². The van der Waals surface area contributed by atoms with Crippen LogP contribution < -0.4 is 32.2 Å². The minimum absolute atomic E-state index is 0. The van der Waals surface area contributed by atoms with Crippen molar-refractivity contribution in [3.05, 3.63) is 70.3 Å². The van der Waals surface area contributed by atoms with Gasteiger partial charge in [-0.1, -0.05) is 0 Å². The van der Waals surface area contributed by atoms with Gasteiger partial charge in [0, 0.05) is 25.0 Å². The zero-order valence-corrected chi connectivity index (χ0v) is 15.8. The van der Waals surface area contributed by atoms with Gasteiger partial charge in [0.2, 0.25) is 0 Å². The van der Waals surface area contributed by atoms with E-state index in [1.807, 2.05) is 0 Å². The predicted octanol–water partition coefficient (Wildman–Crippen LogP) is -3.26. The van der Waals surface area contributed by atoms with Crippen molar-refractivity contribution in [2.24, 2.45) is 0 Å². The zero-order valence-electron chi connectivity index (χ0n) is 14.2. The molecule has 0 saturated heterocycles. The number of nitrogens with one attached hydrogen (secondary N) is 2. The Morgan fingerprint density at radius 2 is 1.85 bits per heavy atom. The van der Waals surface area contributed by atoms with E-state index in [1.54, 1.807) is 47.4 Å². The average molecular weight is 440 g/mol. The standard InChI is InChI=1S/C16H17N5O5.BrH/c22-15(13-3-1-5-17-11-13)18-6-9-20-8-2-4-14(12-20)16(23)19-7-10-26-21(24)25;/h1-5,8,11-12H,6-7,9-10H2,(H-,18,19,22,23);1H.